The van der Waals surface area contributed by atoms with E-state index in [1.54, 1.807) is 0 Å². The third-order valence-electron chi connectivity index (χ3n) is 6.47. The normalized spacial score (nSPS) is 25.2. The van der Waals surface area contributed by atoms with Crippen molar-refractivity contribution in [1.29, 1.82) is 0 Å². The van der Waals surface area contributed by atoms with Gasteiger partial charge in [-0.25, -0.2) is 0 Å². The number of hydrogen-bond donors (Lipinski definition) is 2. The minimum absolute atomic E-state index is 0.0729. The monoisotopic (exact) mass is 389 g/mol. The Morgan fingerprint density at radius 3 is 2.52 bits per heavy atom. The maximum atomic E-state index is 12.9. The maximum absolute atomic E-state index is 12.9. The van der Waals surface area contributed by atoms with Gasteiger partial charge in [0.15, 0.2) is 5.69 Å². The number of carbonyl (C=O) groups is 1. The fraction of sp³-hybridized carbons (Fsp3) is 0.391. The van der Waals surface area contributed by atoms with E-state index in [4.69, 9.17) is 0 Å². The molecule has 1 aromatic heterocycles. The average Bonchev–Trinajstić information content (AvgIpc) is 3.15. The SMILES string of the molecule is CN1C2CC(NC(=O)c3n[nH]c4ccccc34)CC1CN(Cc1ccccc1)C2. The molecule has 6 heteroatoms. The van der Waals surface area contributed by atoms with E-state index in [-0.39, 0.29) is 11.9 Å². The number of piperazine rings is 1. The van der Waals surface area contributed by atoms with Crippen LogP contribution in [0.4, 0.5) is 0 Å². The summed E-state index contributed by atoms with van der Waals surface area (Å²) in [5.41, 5.74) is 2.76. The number of nitrogens with one attached hydrogen (secondary N) is 2. The number of amides is 1. The van der Waals surface area contributed by atoms with E-state index in [0.717, 1.165) is 43.4 Å². The van der Waals surface area contributed by atoms with Crippen LogP contribution in [0.3, 0.4) is 0 Å². The van der Waals surface area contributed by atoms with E-state index >= 15 is 0 Å². The fourth-order valence-electron chi connectivity index (χ4n) is 4.94. The third-order valence-corrected chi connectivity index (χ3v) is 6.47. The number of carbonyl (C=O) groups excluding carboxylic acids is 1. The number of aromatic nitrogens is 2. The van der Waals surface area contributed by atoms with Gasteiger partial charge in [0.05, 0.1) is 5.52 Å². The van der Waals surface area contributed by atoms with Gasteiger partial charge >= 0.3 is 0 Å². The highest BCUT2D eigenvalue weighted by molar-refractivity contribution is 6.04. The van der Waals surface area contributed by atoms with Crippen molar-refractivity contribution in [2.24, 2.45) is 0 Å². The summed E-state index contributed by atoms with van der Waals surface area (Å²) in [4.78, 5) is 17.9. The lowest BCUT2D eigenvalue weighted by molar-refractivity contribution is -0.00511. The van der Waals surface area contributed by atoms with E-state index in [0.29, 0.717) is 17.8 Å². The summed E-state index contributed by atoms with van der Waals surface area (Å²) in [5.74, 6) is -0.0729. The Balaban J connectivity index is 1.25. The number of aromatic amines is 1. The molecule has 1 amide bonds. The number of H-pyrrole nitrogens is 1. The van der Waals surface area contributed by atoms with E-state index in [1.165, 1.54) is 5.56 Å². The molecule has 150 valence electrons. The lowest BCUT2D eigenvalue weighted by atomic mass is 9.87. The lowest BCUT2D eigenvalue weighted by Gasteiger charge is -2.51. The molecule has 3 aromatic rings. The molecule has 2 N–H and O–H groups in total. The number of likely N-dealkylation sites (tertiary alicyclic amines) is 1. The molecule has 2 unspecified atom stereocenters. The second-order valence-electron chi connectivity index (χ2n) is 8.41. The lowest BCUT2D eigenvalue weighted by Crippen LogP contribution is -2.63. The summed E-state index contributed by atoms with van der Waals surface area (Å²) in [7, 11) is 2.23. The molecule has 2 aliphatic rings. The average molecular weight is 390 g/mol. The molecule has 0 aliphatic carbocycles. The van der Waals surface area contributed by atoms with Gasteiger partial charge in [0.25, 0.3) is 5.91 Å². The molecule has 3 heterocycles. The van der Waals surface area contributed by atoms with Crippen LogP contribution in [0.15, 0.2) is 54.6 Å². The molecule has 2 fully saturated rings. The van der Waals surface area contributed by atoms with Crippen molar-refractivity contribution in [3.63, 3.8) is 0 Å². The molecule has 2 atom stereocenters. The van der Waals surface area contributed by atoms with Crippen LogP contribution in [0.5, 0.6) is 0 Å². The molecular weight excluding hydrogens is 362 g/mol. The van der Waals surface area contributed by atoms with Gasteiger partial charge in [0.1, 0.15) is 0 Å². The van der Waals surface area contributed by atoms with E-state index in [1.807, 2.05) is 24.3 Å². The summed E-state index contributed by atoms with van der Waals surface area (Å²) in [6.45, 7) is 3.08. The van der Waals surface area contributed by atoms with E-state index in [2.05, 4.69) is 62.7 Å². The molecule has 0 saturated carbocycles. The first kappa shape index (κ1) is 18.3. The zero-order valence-electron chi connectivity index (χ0n) is 16.7. The van der Waals surface area contributed by atoms with E-state index < -0.39 is 0 Å². The van der Waals surface area contributed by atoms with Crippen LogP contribution in [0.2, 0.25) is 0 Å². The largest absolute Gasteiger partial charge is 0.348 e. The quantitative estimate of drug-likeness (QED) is 0.720. The zero-order chi connectivity index (χ0) is 19.8. The van der Waals surface area contributed by atoms with Gasteiger partial charge in [0, 0.05) is 43.1 Å². The predicted octanol–water partition coefficient (Wildman–Crippen LogP) is 2.64. The van der Waals surface area contributed by atoms with E-state index in [9.17, 15) is 4.79 Å². The molecule has 0 spiro atoms. The summed E-state index contributed by atoms with van der Waals surface area (Å²) < 4.78 is 0. The first-order valence-corrected chi connectivity index (χ1v) is 10.4. The standard InChI is InChI=1S/C23H27N5O/c1-27-18-11-17(24-23(29)22-20-9-5-6-10-21(20)25-26-22)12-19(27)15-28(14-18)13-16-7-3-2-4-8-16/h2-10,17-19H,11-15H2,1H3,(H,24,29)(H,25,26). The molecule has 2 aliphatic heterocycles. The highest BCUT2D eigenvalue weighted by atomic mass is 16.2. The summed E-state index contributed by atoms with van der Waals surface area (Å²) in [6.07, 6.45) is 1.96. The molecule has 6 nitrogen and oxygen atoms in total. The second kappa shape index (κ2) is 7.61. The molecule has 2 bridgehead atoms. The van der Waals surface area contributed by atoms with Crippen LogP contribution in [-0.4, -0.2) is 64.2 Å². The van der Waals surface area contributed by atoms with Gasteiger partial charge in [0.2, 0.25) is 0 Å². The predicted molar refractivity (Wildman–Crippen MR) is 114 cm³/mol. The number of fused-ring (bicyclic) bond motifs is 3. The maximum Gasteiger partial charge on any atom is 0.272 e. The van der Waals surface area contributed by atoms with Gasteiger partial charge in [-0.2, -0.15) is 5.10 Å². The summed E-state index contributed by atoms with van der Waals surface area (Å²) in [6, 6.07) is 19.6. The van der Waals surface area contributed by atoms with Crippen molar-refractivity contribution in [3.8, 4) is 0 Å². The van der Waals surface area contributed by atoms with Gasteiger partial charge in [-0.3, -0.25) is 19.7 Å². The minimum atomic E-state index is -0.0729. The van der Waals surface area contributed by atoms with Gasteiger partial charge in [-0.05, 0) is 31.5 Å². The Kier molecular flexibility index (Phi) is 4.81. The third kappa shape index (κ3) is 3.66. The Bertz CT molecular complexity index is 985. The highest BCUT2D eigenvalue weighted by Crippen LogP contribution is 2.29. The van der Waals surface area contributed by atoms with Gasteiger partial charge in [-0.1, -0.05) is 48.5 Å². The number of benzene rings is 2. The van der Waals surface area contributed by atoms with Crippen molar-refractivity contribution in [3.05, 3.63) is 65.9 Å². The van der Waals surface area contributed by atoms with Crippen molar-refractivity contribution in [2.75, 3.05) is 20.1 Å². The first-order valence-electron chi connectivity index (χ1n) is 10.4. The molecule has 29 heavy (non-hydrogen) atoms. The van der Waals surface area contributed by atoms with Crippen LogP contribution >= 0.6 is 0 Å². The molecule has 2 aromatic carbocycles. The van der Waals surface area contributed by atoms with Crippen molar-refractivity contribution in [2.45, 2.75) is 37.5 Å². The Morgan fingerprint density at radius 1 is 1.07 bits per heavy atom. The smallest absolute Gasteiger partial charge is 0.272 e. The second-order valence-corrected chi connectivity index (χ2v) is 8.41. The van der Waals surface area contributed by atoms with Crippen LogP contribution in [0.25, 0.3) is 10.9 Å². The number of nitrogens with zero attached hydrogens (tertiary/aromatic N) is 3. The number of piperidine rings is 1. The summed E-state index contributed by atoms with van der Waals surface area (Å²) in [5, 5.41) is 11.3. The molecular formula is C23H27N5O. The Morgan fingerprint density at radius 2 is 1.76 bits per heavy atom. The molecule has 5 rings (SSSR count). The van der Waals surface area contributed by atoms with Crippen LogP contribution < -0.4 is 5.32 Å². The number of rotatable bonds is 4. The topological polar surface area (TPSA) is 64.3 Å². The minimum Gasteiger partial charge on any atom is -0.348 e. The van der Waals surface area contributed by atoms with Crippen LogP contribution in [0, 0.1) is 0 Å². The molecule has 2 saturated heterocycles. The molecule has 0 radical (unpaired) electrons. The fourth-order valence-corrected chi connectivity index (χ4v) is 4.94. The van der Waals surface area contributed by atoms with Crippen molar-refractivity contribution < 1.29 is 4.79 Å². The van der Waals surface area contributed by atoms with Crippen LogP contribution in [-0.2, 0) is 6.54 Å². The Hall–Kier alpha value is -2.70. The van der Waals surface area contributed by atoms with Crippen LogP contribution in [0.1, 0.15) is 28.9 Å². The Labute approximate surface area is 170 Å². The number of likely N-dealkylation sites (N-methyl/N-ethyl adjacent to an activating group) is 1. The first-order chi connectivity index (χ1) is 14.2. The van der Waals surface area contributed by atoms with Crippen molar-refractivity contribution >= 4 is 16.8 Å². The van der Waals surface area contributed by atoms with Gasteiger partial charge < -0.3 is 5.32 Å². The number of hydrogen-bond acceptors (Lipinski definition) is 4. The number of para-hydroxylation sites is 1. The zero-order valence-corrected chi connectivity index (χ0v) is 16.7. The highest BCUT2D eigenvalue weighted by Gasteiger charge is 2.39. The summed E-state index contributed by atoms with van der Waals surface area (Å²) >= 11 is 0. The van der Waals surface area contributed by atoms with Crippen molar-refractivity contribution in [1.82, 2.24) is 25.3 Å². The van der Waals surface area contributed by atoms with Gasteiger partial charge in [-0.15, -0.1) is 0 Å².